The van der Waals surface area contributed by atoms with Gasteiger partial charge in [0, 0.05) is 25.7 Å². The van der Waals surface area contributed by atoms with Gasteiger partial charge in [0.2, 0.25) is 0 Å². The van der Waals surface area contributed by atoms with Gasteiger partial charge in [-0.2, -0.15) is 0 Å². The van der Waals surface area contributed by atoms with Crippen molar-refractivity contribution in [3.05, 3.63) is 115 Å². The van der Waals surface area contributed by atoms with Crippen LogP contribution < -0.4 is 18.9 Å². The molecular weight excluding hydrogens is 865 g/mol. The van der Waals surface area contributed by atoms with Crippen molar-refractivity contribution in [1.29, 1.82) is 0 Å². The molecule has 0 unspecified atom stereocenters. The normalized spacial score (nSPS) is 11.9. The van der Waals surface area contributed by atoms with Crippen molar-refractivity contribution in [2.45, 2.75) is 130 Å². The third kappa shape index (κ3) is 15.0. The van der Waals surface area contributed by atoms with Crippen LogP contribution in [0.15, 0.2) is 48.5 Å². The van der Waals surface area contributed by atoms with E-state index >= 15 is 0 Å². The number of ether oxygens (including phenoxy) is 8. The fourth-order valence-electron chi connectivity index (χ4n) is 8.78. The second-order valence-electron chi connectivity index (χ2n) is 17.6. The Balaban J connectivity index is 1.97. The van der Waals surface area contributed by atoms with Crippen molar-refractivity contribution in [1.82, 2.24) is 0 Å². The van der Waals surface area contributed by atoms with Crippen LogP contribution in [-0.2, 0) is 89.5 Å². The minimum atomic E-state index is -0.527. The molecule has 5 rings (SSSR count). The van der Waals surface area contributed by atoms with Gasteiger partial charge < -0.3 is 37.9 Å². The van der Waals surface area contributed by atoms with Gasteiger partial charge in [-0.3, -0.25) is 0 Å². The van der Waals surface area contributed by atoms with Crippen molar-refractivity contribution >= 4 is 23.9 Å². The molecule has 8 bridgehead atoms. The Labute approximate surface area is 403 Å². The molecule has 4 aromatic rings. The first-order valence-electron chi connectivity index (χ1n) is 24.3. The molecule has 0 aliphatic heterocycles. The summed E-state index contributed by atoms with van der Waals surface area (Å²) in [5.74, 6) is 0.0243. The number of benzene rings is 4. The second kappa shape index (κ2) is 27.1. The van der Waals surface area contributed by atoms with Gasteiger partial charge in [-0.05, 0) is 118 Å². The summed E-state index contributed by atoms with van der Waals surface area (Å²) in [6, 6.07) is 17.2. The molecule has 0 spiro atoms. The highest BCUT2D eigenvalue weighted by atomic mass is 16.6. The van der Waals surface area contributed by atoms with E-state index in [2.05, 4.69) is 76.2 Å². The number of unbranched alkanes of at least 4 members (excludes halogenated alkanes) is 4. The Morgan fingerprint density at radius 2 is 0.515 bits per heavy atom. The molecule has 0 N–H and O–H groups in total. The van der Waals surface area contributed by atoms with Crippen LogP contribution in [0.25, 0.3) is 0 Å². The Hall–Kier alpha value is -6.04. The number of methoxy groups -OCH3 is 4. The summed E-state index contributed by atoms with van der Waals surface area (Å²) >= 11 is 0. The standard InChI is InChI=1S/C56H72O12/c1-9-13-17-37-21-41-29-43-23-38(18-14-10-2)25-45(54(43)66-34-50(58)62-6)31-47-27-40(20-16-12-4)28-48(56(47)68-36-52(60)64-8)32-46-26-39(19-15-11-3)24-44(55(46)67-35-51(59)63-7)30-42(22-37)53(41)65-33-49(57)61-5/h21-28H,9-20,29-36H2,1-8H3. The van der Waals surface area contributed by atoms with E-state index in [1.165, 1.54) is 28.4 Å². The monoisotopic (exact) mass is 937 g/mol. The highest BCUT2D eigenvalue weighted by molar-refractivity contribution is 5.73. The molecule has 1 aliphatic rings. The number of carbonyl (C=O) groups excluding carboxylic acids is 4. The number of hydrogen-bond donors (Lipinski definition) is 0. The molecule has 0 heterocycles. The van der Waals surface area contributed by atoms with Gasteiger partial charge in [0.25, 0.3) is 0 Å². The lowest BCUT2D eigenvalue weighted by Gasteiger charge is -2.24. The van der Waals surface area contributed by atoms with Crippen molar-refractivity contribution in [3.8, 4) is 23.0 Å². The number of fused-ring (bicyclic) bond motifs is 8. The molecule has 0 saturated heterocycles. The predicted molar refractivity (Wildman–Crippen MR) is 261 cm³/mol. The van der Waals surface area contributed by atoms with Gasteiger partial charge in [-0.15, -0.1) is 0 Å². The molecule has 1 aliphatic carbocycles. The summed E-state index contributed by atoms with van der Waals surface area (Å²) in [4.78, 5) is 51.5. The average Bonchev–Trinajstić information content (AvgIpc) is 3.34. The predicted octanol–water partition coefficient (Wildman–Crippen LogP) is 9.94. The van der Waals surface area contributed by atoms with E-state index < -0.39 is 23.9 Å². The van der Waals surface area contributed by atoms with Crippen LogP contribution in [0.3, 0.4) is 0 Å². The van der Waals surface area contributed by atoms with E-state index in [0.717, 1.165) is 144 Å². The van der Waals surface area contributed by atoms with Crippen LogP contribution in [0.1, 0.15) is 146 Å². The molecule has 0 amide bonds. The summed E-state index contributed by atoms with van der Waals surface area (Å²) in [5.41, 5.74) is 11.0. The lowest BCUT2D eigenvalue weighted by Crippen LogP contribution is -2.18. The number of hydrogen-bond acceptors (Lipinski definition) is 12. The van der Waals surface area contributed by atoms with Gasteiger partial charge >= 0.3 is 23.9 Å². The first kappa shape index (κ1) is 52.9. The van der Waals surface area contributed by atoms with E-state index in [9.17, 15) is 19.2 Å². The summed E-state index contributed by atoms with van der Waals surface area (Å²) in [7, 11) is 5.34. The van der Waals surface area contributed by atoms with Gasteiger partial charge in [0.15, 0.2) is 26.4 Å². The van der Waals surface area contributed by atoms with Crippen LogP contribution in [0.5, 0.6) is 23.0 Å². The second-order valence-corrected chi connectivity index (χ2v) is 17.6. The van der Waals surface area contributed by atoms with E-state index in [1.54, 1.807) is 0 Å². The minimum absolute atomic E-state index is 0.324. The molecule has 4 aromatic carbocycles. The highest BCUT2D eigenvalue weighted by Gasteiger charge is 2.26. The molecule has 0 radical (unpaired) electrons. The summed E-state index contributed by atoms with van der Waals surface area (Å²) < 4.78 is 46.6. The van der Waals surface area contributed by atoms with Gasteiger partial charge in [0.1, 0.15) is 23.0 Å². The van der Waals surface area contributed by atoms with Crippen LogP contribution >= 0.6 is 0 Å². The van der Waals surface area contributed by atoms with E-state index in [1.807, 2.05) is 0 Å². The fraction of sp³-hybridized carbons (Fsp3) is 0.500. The molecule has 68 heavy (non-hydrogen) atoms. The molecule has 0 atom stereocenters. The van der Waals surface area contributed by atoms with Gasteiger partial charge in [-0.1, -0.05) is 102 Å². The van der Waals surface area contributed by atoms with Crippen LogP contribution in [0, 0.1) is 0 Å². The van der Waals surface area contributed by atoms with Gasteiger partial charge in [-0.25, -0.2) is 19.2 Å². The van der Waals surface area contributed by atoms with E-state index in [0.29, 0.717) is 48.7 Å². The van der Waals surface area contributed by atoms with Crippen molar-refractivity contribution in [2.24, 2.45) is 0 Å². The molecule has 0 aromatic heterocycles. The van der Waals surface area contributed by atoms with Crippen LogP contribution in [0.4, 0.5) is 0 Å². The Kier molecular flexibility index (Phi) is 21.1. The quantitative estimate of drug-likeness (QED) is 0.0429. The summed E-state index contributed by atoms with van der Waals surface area (Å²) in [5, 5.41) is 0. The number of esters is 4. The van der Waals surface area contributed by atoms with Crippen LogP contribution in [-0.4, -0.2) is 78.7 Å². The topological polar surface area (TPSA) is 142 Å². The van der Waals surface area contributed by atoms with E-state index in [-0.39, 0.29) is 26.4 Å². The fourth-order valence-corrected chi connectivity index (χ4v) is 8.78. The Morgan fingerprint density at radius 3 is 0.662 bits per heavy atom. The first-order chi connectivity index (χ1) is 33.0. The average molecular weight is 937 g/mol. The molecule has 0 saturated carbocycles. The van der Waals surface area contributed by atoms with E-state index in [4.69, 9.17) is 37.9 Å². The zero-order valence-electron chi connectivity index (χ0n) is 41.7. The molecule has 368 valence electrons. The minimum Gasteiger partial charge on any atom is -0.481 e. The van der Waals surface area contributed by atoms with Crippen LogP contribution in [0.2, 0.25) is 0 Å². The maximum absolute atomic E-state index is 12.9. The third-order valence-electron chi connectivity index (χ3n) is 12.3. The highest BCUT2D eigenvalue weighted by Crippen LogP contribution is 2.41. The molecule has 12 heteroatoms. The smallest absolute Gasteiger partial charge is 0.343 e. The lowest BCUT2D eigenvalue weighted by molar-refractivity contribution is -0.143. The third-order valence-corrected chi connectivity index (χ3v) is 12.3. The number of aryl methyl sites for hydroxylation is 4. The molecule has 12 nitrogen and oxygen atoms in total. The first-order valence-corrected chi connectivity index (χ1v) is 24.3. The zero-order valence-corrected chi connectivity index (χ0v) is 41.7. The number of carbonyl (C=O) groups is 4. The Bertz CT molecular complexity index is 1930. The summed E-state index contributed by atoms with van der Waals surface area (Å²) in [6.07, 6.45) is 12.3. The Morgan fingerprint density at radius 1 is 0.338 bits per heavy atom. The number of rotatable bonds is 24. The molecule has 0 fully saturated rings. The summed E-state index contributed by atoms with van der Waals surface area (Å²) in [6.45, 7) is 7.35. The largest absolute Gasteiger partial charge is 0.481 e. The van der Waals surface area contributed by atoms with Crippen molar-refractivity contribution < 1.29 is 57.1 Å². The zero-order chi connectivity index (χ0) is 49.0. The lowest BCUT2D eigenvalue weighted by atomic mass is 9.87. The maximum Gasteiger partial charge on any atom is 0.343 e. The van der Waals surface area contributed by atoms with Crippen molar-refractivity contribution in [3.63, 3.8) is 0 Å². The SMILES string of the molecule is CCCCc1cc2c(OCC(=O)OC)c(c1)Cc1cc(CCCC)cc(c1OCC(=O)OC)Cc1cc(CCCC)cc(c1OCC(=O)OC)Cc1cc(CCCC)cc(c1OCC(=O)OC)C2. The maximum atomic E-state index is 12.9. The van der Waals surface area contributed by atoms with Gasteiger partial charge in [0.05, 0.1) is 28.4 Å². The molecular formula is C56H72O12. The van der Waals surface area contributed by atoms with Crippen molar-refractivity contribution in [2.75, 3.05) is 54.9 Å².